The number of allylic oxidation sites excluding steroid dienone is 2. The summed E-state index contributed by atoms with van der Waals surface area (Å²) in [5, 5.41) is 5.94. The van der Waals surface area contributed by atoms with Gasteiger partial charge in [0.05, 0.1) is 16.6 Å². The highest BCUT2D eigenvalue weighted by atomic mass is 35.5. The van der Waals surface area contributed by atoms with Gasteiger partial charge in [-0.3, -0.25) is 4.98 Å². The maximum atomic E-state index is 14.0. The van der Waals surface area contributed by atoms with Gasteiger partial charge in [0, 0.05) is 53.0 Å². The molecule has 7 rings (SSSR count). The first-order valence-electron chi connectivity index (χ1n) is 14.7. The third-order valence-electron chi connectivity index (χ3n) is 8.87. The quantitative estimate of drug-likeness (QED) is 0.231. The number of aromatic nitrogens is 2. The zero-order valence-corrected chi connectivity index (χ0v) is 24.8. The minimum Gasteiger partial charge on any atom is -0.490 e. The van der Waals surface area contributed by atoms with Crippen LogP contribution in [0.2, 0.25) is 5.02 Å². The van der Waals surface area contributed by atoms with Crippen molar-refractivity contribution in [1.29, 1.82) is 0 Å². The van der Waals surface area contributed by atoms with E-state index in [4.69, 9.17) is 25.8 Å². The van der Waals surface area contributed by atoms with Gasteiger partial charge >= 0.3 is 0 Å². The average molecular weight is 572 g/mol. The summed E-state index contributed by atoms with van der Waals surface area (Å²) < 4.78 is 26.1. The molecule has 1 saturated heterocycles. The smallest absolute Gasteiger partial charge is 0.147 e. The van der Waals surface area contributed by atoms with Gasteiger partial charge in [-0.1, -0.05) is 22.8 Å². The first kappa shape index (κ1) is 26.5. The van der Waals surface area contributed by atoms with Crippen LogP contribution < -0.4 is 9.64 Å². The standard InChI is InChI=1S/C34H35ClFN3O2/c1-19(2)40-29-14-21(4)37-28-8-7-25(16-26(28)29)39-11-9-34(10-12-39)17-23(18-34)31-32(38-41-33(31)22-5-6-22)30-20(3)13-24(36)15-27(30)35/h7-8,13-17,19,22H,5-6,9-12,18H2,1-4H3. The molecule has 3 aliphatic rings. The van der Waals surface area contributed by atoms with Crippen molar-refractivity contribution < 1.29 is 13.7 Å². The van der Waals surface area contributed by atoms with Crippen molar-refractivity contribution in [2.24, 2.45) is 5.41 Å². The lowest BCUT2D eigenvalue weighted by Gasteiger charge is -2.47. The number of aryl methyl sites for hydroxylation is 2. The molecule has 2 fully saturated rings. The number of piperidine rings is 1. The summed E-state index contributed by atoms with van der Waals surface area (Å²) in [6.07, 6.45) is 7.98. The van der Waals surface area contributed by atoms with Crippen LogP contribution in [-0.2, 0) is 0 Å². The van der Waals surface area contributed by atoms with Crippen LogP contribution in [0.3, 0.4) is 0 Å². The molecule has 0 atom stereocenters. The van der Waals surface area contributed by atoms with E-state index in [2.05, 4.69) is 48.2 Å². The minimum absolute atomic E-state index is 0.104. The zero-order chi connectivity index (χ0) is 28.5. The number of fused-ring (bicyclic) bond motifs is 1. The van der Waals surface area contributed by atoms with Gasteiger partial charge in [0.25, 0.3) is 0 Å². The predicted octanol–water partition coefficient (Wildman–Crippen LogP) is 9.04. The van der Waals surface area contributed by atoms with Gasteiger partial charge in [-0.2, -0.15) is 0 Å². The zero-order valence-electron chi connectivity index (χ0n) is 24.1. The Bertz CT molecular complexity index is 1670. The number of pyridine rings is 1. The Balaban J connectivity index is 1.14. The highest BCUT2D eigenvalue weighted by molar-refractivity contribution is 6.33. The number of ether oxygens (including phenoxy) is 1. The summed E-state index contributed by atoms with van der Waals surface area (Å²) in [6.45, 7) is 9.99. The summed E-state index contributed by atoms with van der Waals surface area (Å²) in [5.74, 6) is 1.95. The van der Waals surface area contributed by atoms with Crippen molar-refractivity contribution in [2.75, 3.05) is 18.0 Å². The summed E-state index contributed by atoms with van der Waals surface area (Å²) in [5.41, 5.74) is 8.02. The summed E-state index contributed by atoms with van der Waals surface area (Å²) in [7, 11) is 0. The molecule has 3 heterocycles. The maximum Gasteiger partial charge on any atom is 0.147 e. The van der Waals surface area contributed by atoms with E-state index in [1.807, 2.05) is 19.9 Å². The van der Waals surface area contributed by atoms with E-state index in [0.29, 0.717) is 10.9 Å². The molecule has 0 unspecified atom stereocenters. The average Bonchev–Trinajstić information content (AvgIpc) is 3.66. The molecule has 1 spiro atoms. The van der Waals surface area contributed by atoms with E-state index in [1.54, 1.807) is 0 Å². The molecule has 2 aromatic heterocycles. The second kappa shape index (κ2) is 9.87. The van der Waals surface area contributed by atoms with Crippen molar-refractivity contribution >= 4 is 33.8 Å². The molecule has 4 aromatic rings. The van der Waals surface area contributed by atoms with E-state index >= 15 is 0 Å². The van der Waals surface area contributed by atoms with Crippen LogP contribution >= 0.6 is 11.6 Å². The third kappa shape index (κ3) is 4.80. The summed E-state index contributed by atoms with van der Waals surface area (Å²) >= 11 is 6.55. The first-order chi connectivity index (χ1) is 19.7. The van der Waals surface area contributed by atoms with Crippen LogP contribution in [0.5, 0.6) is 5.75 Å². The number of nitrogens with zero attached hydrogens (tertiary/aromatic N) is 3. The second-order valence-corrected chi connectivity index (χ2v) is 12.9. The van der Waals surface area contributed by atoms with Gasteiger partial charge in [-0.25, -0.2) is 4.39 Å². The molecule has 1 aliphatic heterocycles. The number of hydrogen-bond donors (Lipinski definition) is 0. The van der Waals surface area contributed by atoms with Crippen molar-refractivity contribution in [3.05, 3.63) is 75.9 Å². The number of benzene rings is 2. The number of rotatable bonds is 6. The molecule has 0 bridgehead atoms. The molecular formula is C34H35ClFN3O2. The molecule has 41 heavy (non-hydrogen) atoms. The molecule has 0 N–H and O–H groups in total. The van der Waals surface area contributed by atoms with Crippen LogP contribution in [0.15, 0.2) is 47.0 Å². The van der Waals surface area contributed by atoms with E-state index in [-0.39, 0.29) is 17.3 Å². The molecule has 0 amide bonds. The SMILES string of the molecule is Cc1cc(OC(C)C)c2cc(N3CCC4(C=C(c5c(-c6c(C)cc(F)cc6Cl)noc5C5CC5)C4)CC3)ccc2n1. The lowest BCUT2D eigenvalue weighted by Crippen LogP contribution is -2.42. The predicted molar refractivity (Wildman–Crippen MR) is 162 cm³/mol. The summed E-state index contributed by atoms with van der Waals surface area (Å²) in [6, 6.07) is 11.5. The molecule has 2 aliphatic carbocycles. The number of anilines is 1. The lowest BCUT2D eigenvalue weighted by atomic mass is 9.63. The van der Waals surface area contributed by atoms with E-state index in [1.165, 1.54) is 23.4 Å². The summed E-state index contributed by atoms with van der Waals surface area (Å²) in [4.78, 5) is 7.21. The van der Waals surface area contributed by atoms with Gasteiger partial charge in [0.1, 0.15) is 23.0 Å². The highest BCUT2D eigenvalue weighted by Crippen LogP contribution is 2.56. The van der Waals surface area contributed by atoms with Gasteiger partial charge in [-0.05, 0) is 107 Å². The Labute approximate surface area is 245 Å². The Morgan fingerprint density at radius 3 is 2.51 bits per heavy atom. The van der Waals surface area contributed by atoms with Crippen molar-refractivity contribution in [3.8, 4) is 17.0 Å². The van der Waals surface area contributed by atoms with Crippen LogP contribution in [-0.4, -0.2) is 29.3 Å². The van der Waals surface area contributed by atoms with Crippen molar-refractivity contribution in [3.63, 3.8) is 0 Å². The topological polar surface area (TPSA) is 51.4 Å². The largest absolute Gasteiger partial charge is 0.490 e. The van der Waals surface area contributed by atoms with Crippen LogP contribution in [0.1, 0.15) is 74.5 Å². The second-order valence-electron chi connectivity index (χ2n) is 12.4. The van der Waals surface area contributed by atoms with Crippen molar-refractivity contribution in [2.45, 2.75) is 71.8 Å². The van der Waals surface area contributed by atoms with E-state index in [0.717, 1.165) is 95.7 Å². The van der Waals surface area contributed by atoms with Crippen LogP contribution in [0, 0.1) is 25.1 Å². The normalized spacial score (nSPS) is 18.2. The lowest BCUT2D eigenvalue weighted by molar-refractivity contribution is 0.245. The molecule has 7 heteroatoms. The molecular weight excluding hydrogens is 537 g/mol. The molecule has 2 aromatic carbocycles. The third-order valence-corrected chi connectivity index (χ3v) is 9.17. The Kier molecular flexibility index (Phi) is 6.38. The number of hydrogen-bond acceptors (Lipinski definition) is 5. The molecule has 0 radical (unpaired) electrons. The maximum absolute atomic E-state index is 14.0. The monoisotopic (exact) mass is 571 g/mol. The van der Waals surface area contributed by atoms with Crippen LogP contribution in [0.4, 0.5) is 10.1 Å². The highest BCUT2D eigenvalue weighted by Gasteiger charge is 2.44. The Morgan fingerprint density at radius 2 is 1.83 bits per heavy atom. The Morgan fingerprint density at radius 1 is 1.07 bits per heavy atom. The Hall–Kier alpha value is -3.38. The van der Waals surface area contributed by atoms with Crippen LogP contribution in [0.25, 0.3) is 27.7 Å². The van der Waals surface area contributed by atoms with Gasteiger partial charge in [0.2, 0.25) is 0 Å². The first-order valence-corrected chi connectivity index (χ1v) is 15.1. The molecule has 1 saturated carbocycles. The fourth-order valence-corrected chi connectivity index (χ4v) is 7.02. The van der Waals surface area contributed by atoms with Gasteiger partial charge < -0.3 is 14.2 Å². The van der Waals surface area contributed by atoms with Gasteiger partial charge in [0.15, 0.2) is 0 Å². The minimum atomic E-state index is -0.334. The van der Waals surface area contributed by atoms with Crippen molar-refractivity contribution in [1.82, 2.24) is 10.1 Å². The van der Waals surface area contributed by atoms with E-state index < -0.39 is 0 Å². The van der Waals surface area contributed by atoms with Gasteiger partial charge in [-0.15, -0.1) is 0 Å². The fourth-order valence-electron chi connectivity index (χ4n) is 6.68. The van der Waals surface area contributed by atoms with E-state index in [9.17, 15) is 4.39 Å². The molecule has 5 nitrogen and oxygen atoms in total. The molecule has 212 valence electrons. The number of halogens is 2. The fraction of sp³-hybridized carbons (Fsp3) is 0.412.